The van der Waals surface area contributed by atoms with Crippen molar-refractivity contribution >= 4 is 39.8 Å². The summed E-state index contributed by atoms with van der Waals surface area (Å²) in [7, 11) is 0. The van der Waals surface area contributed by atoms with Crippen molar-refractivity contribution < 1.29 is 0 Å². The number of hydrogen-bond acceptors (Lipinski definition) is 3. The van der Waals surface area contributed by atoms with Crippen LogP contribution in [0.3, 0.4) is 0 Å². The number of nitrogens with one attached hydrogen (secondary N) is 1. The lowest BCUT2D eigenvalue weighted by Crippen LogP contribution is -2.20. The Labute approximate surface area is 142 Å². The first-order chi connectivity index (χ1) is 11.6. The summed E-state index contributed by atoms with van der Waals surface area (Å²) >= 11 is 5.87. The molecule has 24 heavy (non-hydrogen) atoms. The molecule has 0 saturated carbocycles. The second kappa shape index (κ2) is 5.62. The molecule has 0 saturated heterocycles. The van der Waals surface area contributed by atoms with Crippen molar-refractivity contribution in [3.8, 4) is 0 Å². The molecule has 2 aromatic heterocycles. The molecular weight excluding hydrogens is 324 g/mol. The molecule has 0 aliphatic heterocycles. The van der Waals surface area contributed by atoms with Gasteiger partial charge in [-0.1, -0.05) is 41.9 Å². The van der Waals surface area contributed by atoms with Gasteiger partial charge >= 0.3 is 0 Å². The minimum atomic E-state index is -0.223. The number of halogens is 1. The van der Waals surface area contributed by atoms with Crippen LogP contribution < -0.4 is 5.56 Å². The minimum absolute atomic E-state index is 0.223. The number of hydrogen-bond donors (Lipinski definition) is 1. The summed E-state index contributed by atoms with van der Waals surface area (Å²) in [5.41, 5.74) is 2.64. The number of aromatic amines is 1. The highest BCUT2D eigenvalue weighted by molar-refractivity contribution is 6.30. The zero-order valence-corrected chi connectivity index (χ0v) is 13.6. The summed E-state index contributed by atoms with van der Waals surface area (Å²) in [6.07, 6.45) is 1.61. The third-order valence-corrected chi connectivity index (χ3v) is 4.11. The smallest absolute Gasteiger partial charge is 0.298 e. The molecule has 0 fully saturated rings. The van der Waals surface area contributed by atoms with Gasteiger partial charge in [-0.15, -0.1) is 0 Å². The normalized spacial score (nSPS) is 11.8. The third-order valence-electron chi connectivity index (χ3n) is 3.86. The van der Waals surface area contributed by atoms with Crippen molar-refractivity contribution in [3.63, 3.8) is 0 Å². The molecule has 0 aliphatic carbocycles. The molecule has 0 unspecified atom stereocenters. The first-order valence-corrected chi connectivity index (χ1v) is 7.81. The maximum Gasteiger partial charge on any atom is 0.298 e. The number of fused-ring (bicyclic) bond motifs is 3. The van der Waals surface area contributed by atoms with Crippen molar-refractivity contribution in [3.05, 3.63) is 75.3 Å². The van der Waals surface area contributed by atoms with Gasteiger partial charge in [0.1, 0.15) is 16.9 Å². The lowest BCUT2D eigenvalue weighted by molar-refractivity contribution is 0.770. The molecule has 5 nitrogen and oxygen atoms in total. The fourth-order valence-electron chi connectivity index (χ4n) is 2.67. The van der Waals surface area contributed by atoms with Crippen LogP contribution in [0.4, 0.5) is 0 Å². The van der Waals surface area contributed by atoms with Crippen LogP contribution in [0, 0.1) is 6.92 Å². The van der Waals surface area contributed by atoms with Gasteiger partial charge in [0, 0.05) is 15.9 Å². The Kier molecular flexibility index (Phi) is 3.43. The van der Waals surface area contributed by atoms with Crippen LogP contribution in [0.1, 0.15) is 11.4 Å². The first kappa shape index (κ1) is 14.7. The predicted octanol–water partition coefficient (Wildman–Crippen LogP) is 3.72. The van der Waals surface area contributed by atoms with Gasteiger partial charge in [-0.25, -0.2) is 4.98 Å². The average molecular weight is 337 g/mol. The maximum atomic E-state index is 12.8. The summed E-state index contributed by atoms with van der Waals surface area (Å²) in [5, 5.41) is 5.87. The van der Waals surface area contributed by atoms with Crippen molar-refractivity contribution in [1.29, 1.82) is 0 Å². The molecule has 4 aromatic rings. The van der Waals surface area contributed by atoms with Gasteiger partial charge < -0.3 is 4.98 Å². The zero-order chi connectivity index (χ0) is 16.7. The van der Waals surface area contributed by atoms with Crippen molar-refractivity contribution in [2.45, 2.75) is 6.92 Å². The van der Waals surface area contributed by atoms with Crippen LogP contribution in [0.25, 0.3) is 21.9 Å². The van der Waals surface area contributed by atoms with Crippen LogP contribution in [0.15, 0.2) is 58.4 Å². The summed E-state index contributed by atoms with van der Waals surface area (Å²) in [5.74, 6) is 0.530. The van der Waals surface area contributed by atoms with Gasteiger partial charge in [0.2, 0.25) is 0 Å². The number of benzene rings is 2. The molecule has 0 spiro atoms. The average Bonchev–Trinajstić information content (AvgIpc) is 2.95. The molecule has 0 radical (unpaired) electrons. The number of nitrogens with zero attached hydrogens (tertiary/aromatic N) is 3. The van der Waals surface area contributed by atoms with E-state index in [0.717, 1.165) is 16.5 Å². The molecule has 2 heterocycles. The first-order valence-electron chi connectivity index (χ1n) is 7.43. The van der Waals surface area contributed by atoms with Crippen molar-refractivity contribution in [2.24, 2.45) is 5.10 Å². The standard InChI is InChI=1S/C18H13ClN4O/c1-11-21-16-14-4-2-3-5-15(14)22-17(16)18(24)23(11)20-10-12-6-8-13(19)9-7-12/h2-10,22H,1H3. The van der Waals surface area contributed by atoms with Gasteiger partial charge in [0.15, 0.2) is 0 Å². The van der Waals surface area contributed by atoms with Crippen LogP contribution in [-0.2, 0) is 0 Å². The Bertz CT molecular complexity index is 1140. The van der Waals surface area contributed by atoms with E-state index in [-0.39, 0.29) is 5.56 Å². The van der Waals surface area contributed by atoms with Crippen molar-refractivity contribution in [1.82, 2.24) is 14.6 Å². The van der Waals surface area contributed by atoms with E-state index >= 15 is 0 Å². The van der Waals surface area contributed by atoms with E-state index < -0.39 is 0 Å². The number of rotatable bonds is 2. The molecule has 2 aromatic carbocycles. The van der Waals surface area contributed by atoms with Crippen molar-refractivity contribution in [2.75, 3.05) is 0 Å². The van der Waals surface area contributed by atoms with E-state index in [1.807, 2.05) is 36.4 Å². The fourth-order valence-corrected chi connectivity index (χ4v) is 2.80. The molecule has 0 aliphatic rings. The van der Waals surface area contributed by atoms with Crippen LogP contribution in [0.2, 0.25) is 5.02 Å². The number of aryl methyl sites for hydroxylation is 1. The number of H-pyrrole nitrogens is 1. The highest BCUT2D eigenvalue weighted by atomic mass is 35.5. The fraction of sp³-hybridized carbons (Fsp3) is 0.0556. The van der Waals surface area contributed by atoms with E-state index in [1.165, 1.54) is 4.68 Å². The SMILES string of the molecule is Cc1nc2c([nH]c3ccccc32)c(=O)n1N=Cc1ccc(Cl)cc1. The largest absolute Gasteiger partial charge is 0.349 e. The van der Waals surface area contributed by atoms with E-state index in [4.69, 9.17) is 11.6 Å². The quantitative estimate of drug-likeness (QED) is 0.567. The van der Waals surface area contributed by atoms with Crippen LogP contribution in [-0.4, -0.2) is 20.9 Å². The maximum absolute atomic E-state index is 12.8. The molecule has 6 heteroatoms. The summed E-state index contributed by atoms with van der Waals surface area (Å²) < 4.78 is 1.30. The Morgan fingerprint density at radius 1 is 1.17 bits per heavy atom. The predicted molar refractivity (Wildman–Crippen MR) is 97.0 cm³/mol. The molecule has 0 amide bonds. The molecular formula is C18H13ClN4O. The Morgan fingerprint density at radius 2 is 1.92 bits per heavy atom. The minimum Gasteiger partial charge on any atom is -0.349 e. The summed E-state index contributed by atoms with van der Waals surface area (Å²) in [6.45, 7) is 1.77. The lowest BCUT2D eigenvalue weighted by Gasteiger charge is -2.03. The highest BCUT2D eigenvalue weighted by Crippen LogP contribution is 2.21. The van der Waals surface area contributed by atoms with Gasteiger partial charge in [-0.3, -0.25) is 4.79 Å². The Morgan fingerprint density at radius 3 is 2.71 bits per heavy atom. The van der Waals surface area contributed by atoms with Gasteiger partial charge in [-0.05, 0) is 30.7 Å². The summed E-state index contributed by atoms with van der Waals surface area (Å²) in [4.78, 5) is 20.4. The molecule has 118 valence electrons. The summed E-state index contributed by atoms with van der Waals surface area (Å²) in [6, 6.07) is 14.9. The topological polar surface area (TPSA) is 63.0 Å². The van der Waals surface area contributed by atoms with Gasteiger partial charge in [0.05, 0.1) is 6.21 Å². The van der Waals surface area contributed by atoms with Crippen LogP contribution in [0.5, 0.6) is 0 Å². The highest BCUT2D eigenvalue weighted by Gasteiger charge is 2.12. The van der Waals surface area contributed by atoms with E-state index in [2.05, 4.69) is 15.1 Å². The number of aromatic nitrogens is 3. The molecule has 4 rings (SSSR count). The van der Waals surface area contributed by atoms with Crippen LogP contribution >= 0.6 is 11.6 Å². The molecule has 1 N–H and O–H groups in total. The Hall–Kier alpha value is -2.92. The van der Waals surface area contributed by atoms with E-state index in [9.17, 15) is 4.79 Å². The molecule has 0 atom stereocenters. The molecule has 0 bridgehead atoms. The van der Waals surface area contributed by atoms with Gasteiger partial charge in [-0.2, -0.15) is 9.78 Å². The second-order valence-electron chi connectivity index (χ2n) is 5.47. The van der Waals surface area contributed by atoms with E-state index in [1.54, 1.807) is 25.3 Å². The number of para-hydroxylation sites is 1. The Balaban J connectivity index is 1.88. The van der Waals surface area contributed by atoms with Gasteiger partial charge in [0.25, 0.3) is 5.56 Å². The third kappa shape index (κ3) is 2.39. The zero-order valence-electron chi connectivity index (χ0n) is 12.8. The lowest BCUT2D eigenvalue weighted by atomic mass is 10.2. The second-order valence-corrected chi connectivity index (χ2v) is 5.90. The van der Waals surface area contributed by atoms with E-state index in [0.29, 0.717) is 21.9 Å². The monoisotopic (exact) mass is 336 g/mol.